The molecule has 0 radical (unpaired) electrons. The number of fused-ring (bicyclic) bond motifs is 1. The van der Waals surface area contributed by atoms with Crippen LogP contribution >= 0.6 is 23.2 Å². The van der Waals surface area contributed by atoms with Crippen LogP contribution in [0.3, 0.4) is 0 Å². The molecule has 0 aliphatic heterocycles. The summed E-state index contributed by atoms with van der Waals surface area (Å²) in [5, 5.41) is 7.12. The number of halogens is 2. The Morgan fingerprint density at radius 1 is 0.774 bits per heavy atom. The van der Waals surface area contributed by atoms with Crippen LogP contribution in [0.4, 0.5) is 5.69 Å². The summed E-state index contributed by atoms with van der Waals surface area (Å²) in [5.74, 6) is 1.36. The molecule has 0 aromatic heterocycles. The van der Waals surface area contributed by atoms with Crippen molar-refractivity contribution in [2.24, 2.45) is 0 Å². The Labute approximate surface area is 192 Å². The molecule has 0 aliphatic carbocycles. The van der Waals surface area contributed by atoms with Crippen molar-refractivity contribution < 1.29 is 9.47 Å². The van der Waals surface area contributed by atoms with E-state index in [1.807, 2.05) is 31.2 Å². The smallest absolute Gasteiger partial charge is 0.161 e. The van der Waals surface area contributed by atoms with Gasteiger partial charge in [0.1, 0.15) is 6.61 Å². The highest BCUT2D eigenvalue weighted by Crippen LogP contribution is 2.32. The molecular weight excluding hydrogens is 429 g/mol. The molecule has 158 valence electrons. The fourth-order valence-electron chi connectivity index (χ4n) is 3.45. The first kappa shape index (κ1) is 21.4. The lowest BCUT2D eigenvalue weighted by molar-refractivity contribution is 0.269. The maximum atomic E-state index is 6.26. The molecule has 31 heavy (non-hydrogen) atoms. The lowest BCUT2D eigenvalue weighted by Gasteiger charge is -2.15. The average molecular weight is 452 g/mol. The SMILES string of the molecule is CCOc1cc(CNc2cccc3ccccc23)ccc1OCc1c(Cl)cccc1Cl. The lowest BCUT2D eigenvalue weighted by atomic mass is 10.1. The van der Waals surface area contributed by atoms with Crippen molar-refractivity contribution in [1.82, 2.24) is 0 Å². The fraction of sp³-hybridized carbons (Fsp3) is 0.154. The molecule has 4 rings (SSSR count). The maximum absolute atomic E-state index is 6.26. The summed E-state index contributed by atoms with van der Waals surface area (Å²) in [7, 11) is 0. The van der Waals surface area contributed by atoms with Crippen molar-refractivity contribution in [2.75, 3.05) is 11.9 Å². The van der Waals surface area contributed by atoms with Gasteiger partial charge in [0.05, 0.1) is 6.61 Å². The van der Waals surface area contributed by atoms with Gasteiger partial charge in [-0.2, -0.15) is 0 Å². The van der Waals surface area contributed by atoms with Gasteiger partial charge in [0.2, 0.25) is 0 Å². The first-order valence-corrected chi connectivity index (χ1v) is 10.9. The van der Waals surface area contributed by atoms with Gasteiger partial charge in [-0.05, 0) is 48.2 Å². The number of benzene rings is 4. The van der Waals surface area contributed by atoms with Crippen LogP contribution in [-0.4, -0.2) is 6.61 Å². The number of rotatable bonds is 8. The molecule has 0 bridgehead atoms. The number of hydrogen-bond donors (Lipinski definition) is 1. The van der Waals surface area contributed by atoms with E-state index < -0.39 is 0 Å². The maximum Gasteiger partial charge on any atom is 0.161 e. The summed E-state index contributed by atoms with van der Waals surface area (Å²) in [5.41, 5.74) is 2.96. The van der Waals surface area contributed by atoms with Gasteiger partial charge >= 0.3 is 0 Å². The second-order valence-electron chi connectivity index (χ2n) is 7.08. The fourth-order valence-corrected chi connectivity index (χ4v) is 3.95. The standard InChI is InChI=1S/C26H23Cl2NO2/c1-2-30-26-15-18(16-29-24-12-5-8-19-7-3-4-9-20(19)24)13-14-25(26)31-17-21-22(27)10-6-11-23(21)28/h3-15,29H,2,16-17H2,1H3. The minimum atomic E-state index is 0.270. The number of hydrogen-bond acceptors (Lipinski definition) is 3. The molecule has 0 saturated carbocycles. The molecular formula is C26H23Cl2NO2. The van der Waals surface area contributed by atoms with E-state index in [9.17, 15) is 0 Å². The zero-order valence-corrected chi connectivity index (χ0v) is 18.7. The van der Waals surface area contributed by atoms with Crippen LogP contribution in [0.5, 0.6) is 11.5 Å². The quantitative estimate of drug-likeness (QED) is 0.297. The largest absolute Gasteiger partial charge is 0.490 e. The molecule has 0 spiro atoms. The van der Waals surface area contributed by atoms with Crippen LogP contribution in [0, 0.1) is 0 Å². The summed E-state index contributed by atoms with van der Waals surface area (Å²) >= 11 is 12.5. The number of anilines is 1. The van der Waals surface area contributed by atoms with Crippen molar-refractivity contribution in [3.05, 3.63) is 100 Å². The van der Waals surface area contributed by atoms with E-state index in [1.165, 1.54) is 10.8 Å². The molecule has 0 amide bonds. The van der Waals surface area contributed by atoms with E-state index in [1.54, 1.807) is 12.1 Å². The highest BCUT2D eigenvalue weighted by molar-refractivity contribution is 6.35. The van der Waals surface area contributed by atoms with E-state index >= 15 is 0 Å². The van der Waals surface area contributed by atoms with Crippen molar-refractivity contribution in [1.29, 1.82) is 0 Å². The predicted octanol–water partition coefficient (Wildman–Crippen LogP) is 7.74. The van der Waals surface area contributed by atoms with Gasteiger partial charge in [-0.25, -0.2) is 0 Å². The van der Waals surface area contributed by atoms with Gasteiger partial charge in [0, 0.05) is 33.2 Å². The Kier molecular flexibility index (Phi) is 6.86. The van der Waals surface area contributed by atoms with Crippen LogP contribution in [-0.2, 0) is 13.2 Å². The molecule has 4 aromatic carbocycles. The van der Waals surface area contributed by atoms with Gasteiger partial charge in [0.25, 0.3) is 0 Å². The molecule has 0 fully saturated rings. The van der Waals surface area contributed by atoms with E-state index in [2.05, 4.69) is 47.8 Å². The number of ether oxygens (including phenoxy) is 2. The van der Waals surface area contributed by atoms with Gasteiger partial charge in [0.15, 0.2) is 11.5 Å². The second kappa shape index (κ2) is 9.95. The van der Waals surface area contributed by atoms with Crippen LogP contribution < -0.4 is 14.8 Å². The lowest BCUT2D eigenvalue weighted by Crippen LogP contribution is -2.04. The molecule has 1 N–H and O–H groups in total. The van der Waals surface area contributed by atoms with E-state index in [0.29, 0.717) is 34.7 Å². The molecule has 3 nitrogen and oxygen atoms in total. The minimum Gasteiger partial charge on any atom is -0.490 e. The predicted molar refractivity (Wildman–Crippen MR) is 130 cm³/mol. The third-order valence-corrected chi connectivity index (χ3v) is 5.72. The molecule has 5 heteroatoms. The topological polar surface area (TPSA) is 30.5 Å². The average Bonchev–Trinajstić information content (AvgIpc) is 2.78. The molecule has 0 atom stereocenters. The minimum absolute atomic E-state index is 0.270. The molecule has 0 heterocycles. The van der Waals surface area contributed by atoms with Crippen LogP contribution in [0.1, 0.15) is 18.1 Å². The Hall–Kier alpha value is -2.88. The summed E-state index contributed by atoms with van der Waals surface area (Å²) in [6, 6.07) is 26.0. The normalized spacial score (nSPS) is 10.8. The zero-order valence-electron chi connectivity index (χ0n) is 17.2. The Morgan fingerprint density at radius 2 is 1.52 bits per heavy atom. The second-order valence-corrected chi connectivity index (χ2v) is 7.90. The third-order valence-electron chi connectivity index (χ3n) is 5.01. The van der Waals surface area contributed by atoms with Gasteiger partial charge in [-0.3, -0.25) is 0 Å². The van der Waals surface area contributed by atoms with E-state index in [0.717, 1.165) is 16.8 Å². The molecule has 4 aromatic rings. The summed E-state index contributed by atoms with van der Waals surface area (Å²) in [6.07, 6.45) is 0. The van der Waals surface area contributed by atoms with Crippen molar-refractivity contribution >= 4 is 39.7 Å². The zero-order chi connectivity index (χ0) is 21.6. The summed E-state index contributed by atoms with van der Waals surface area (Å²) < 4.78 is 11.8. The van der Waals surface area contributed by atoms with Gasteiger partial charge in [-0.15, -0.1) is 0 Å². The van der Waals surface area contributed by atoms with E-state index in [-0.39, 0.29) is 6.61 Å². The van der Waals surface area contributed by atoms with Crippen LogP contribution in [0.25, 0.3) is 10.8 Å². The molecule has 0 saturated heterocycles. The summed E-state index contributed by atoms with van der Waals surface area (Å²) in [4.78, 5) is 0. The molecule has 0 aliphatic rings. The Balaban J connectivity index is 1.50. The van der Waals surface area contributed by atoms with Gasteiger partial charge < -0.3 is 14.8 Å². The first-order chi connectivity index (χ1) is 15.2. The first-order valence-electron chi connectivity index (χ1n) is 10.2. The third kappa shape index (κ3) is 5.07. The van der Waals surface area contributed by atoms with Crippen LogP contribution in [0.2, 0.25) is 10.0 Å². The summed E-state index contributed by atoms with van der Waals surface area (Å²) in [6.45, 7) is 3.44. The Bertz CT molecular complexity index is 1170. The highest BCUT2D eigenvalue weighted by atomic mass is 35.5. The van der Waals surface area contributed by atoms with Gasteiger partial charge in [-0.1, -0.05) is 71.7 Å². The monoisotopic (exact) mass is 451 g/mol. The number of nitrogens with one attached hydrogen (secondary N) is 1. The van der Waals surface area contributed by atoms with Crippen molar-refractivity contribution in [3.8, 4) is 11.5 Å². The van der Waals surface area contributed by atoms with E-state index in [4.69, 9.17) is 32.7 Å². The Morgan fingerprint density at radius 3 is 2.32 bits per heavy atom. The molecule has 0 unspecified atom stereocenters. The highest BCUT2D eigenvalue weighted by Gasteiger charge is 2.11. The van der Waals surface area contributed by atoms with Crippen molar-refractivity contribution in [2.45, 2.75) is 20.1 Å². The van der Waals surface area contributed by atoms with Crippen molar-refractivity contribution in [3.63, 3.8) is 0 Å². The van der Waals surface area contributed by atoms with Crippen LogP contribution in [0.15, 0.2) is 78.9 Å².